The number of carbonyl (C=O) groups is 1. The third-order valence-corrected chi connectivity index (χ3v) is 10.2. The number of hydrogen-bond acceptors (Lipinski definition) is 6. The van der Waals surface area contributed by atoms with Gasteiger partial charge in [-0.15, -0.1) is 0 Å². The Kier molecular flexibility index (Phi) is 5.18. The summed E-state index contributed by atoms with van der Waals surface area (Å²) in [6.07, 6.45) is 5.40. The lowest BCUT2D eigenvalue weighted by Crippen LogP contribution is -2.46. The summed E-state index contributed by atoms with van der Waals surface area (Å²) in [5.41, 5.74) is 3.04. The fourth-order valence-electron chi connectivity index (χ4n) is 5.80. The number of anilines is 4. The predicted octanol–water partition coefficient (Wildman–Crippen LogP) is 3.52. The SMILES string of the molecule is CC(=O)N1CCN(S(=O)(=O)C2CC2)c2cc3c(cc21)N(c1ncc(F)cc1F)Cc1c[nH]c2c(=O)n(C)cc-3c12. The molecule has 7 rings (SSSR count). The highest BCUT2D eigenvalue weighted by atomic mass is 32.2. The number of nitrogens with zero attached hydrogens (tertiary/aromatic N) is 5. The van der Waals surface area contributed by atoms with E-state index in [9.17, 15) is 22.4 Å². The van der Waals surface area contributed by atoms with Gasteiger partial charge in [0.15, 0.2) is 11.6 Å². The van der Waals surface area contributed by atoms with Gasteiger partial charge in [0.1, 0.15) is 11.3 Å². The molecule has 4 aromatic rings. The van der Waals surface area contributed by atoms with Crippen LogP contribution in [-0.2, 0) is 28.4 Å². The molecule has 1 aromatic carbocycles. The van der Waals surface area contributed by atoms with Gasteiger partial charge in [-0.05, 0) is 30.5 Å². The Morgan fingerprint density at radius 2 is 1.85 bits per heavy atom. The maximum atomic E-state index is 15.2. The number of carbonyl (C=O) groups excluding carboxylic acids is 1. The minimum absolute atomic E-state index is 0.0751. The molecule has 0 spiro atoms. The standard InChI is InChI=1S/C27H24F2N6O4S/c1-14(36)33-5-6-35(40(38,39)17-3-4-17)23-8-18-19-13-32(2)27(37)25-24(19)15(10-30-25)12-34(21(18)9-22(23)33)26-20(29)7-16(28)11-31-26/h7-11,13,17,30H,3-6,12H2,1-2H3. The van der Waals surface area contributed by atoms with Crippen molar-refractivity contribution < 1.29 is 22.0 Å². The average molecular weight is 567 g/mol. The first kappa shape index (κ1) is 24.8. The van der Waals surface area contributed by atoms with E-state index >= 15 is 4.39 Å². The number of sulfonamides is 1. The smallest absolute Gasteiger partial charge is 0.274 e. The van der Waals surface area contributed by atoms with E-state index in [1.807, 2.05) is 0 Å². The zero-order chi connectivity index (χ0) is 28.1. The van der Waals surface area contributed by atoms with Crippen molar-refractivity contribution in [1.29, 1.82) is 0 Å². The van der Waals surface area contributed by atoms with Gasteiger partial charge in [-0.1, -0.05) is 0 Å². The monoisotopic (exact) mass is 566 g/mol. The number of aromatic amines is 1. The molecule has 5 heterocycles. The minimum atomic E-state index is -3.67. The average Bonchev–Trinajstić information content (AvgIpc) is 3.71. The molecule has 0 atom stereocenters. The van der Waals surface area contributed by atoms with Crippen molar-refractivity contribution in [3.8, 4) is 11.1 Å². The Bertz CT molecular complexity index is 1930. The fraction of sp³-hybridized carbons (Fsp3) is 0.296. The first-order valence-electron chi connectivity index (χ1n) is 12.8. The molecule has 1 saturated carbocycles. The van der Waals surface area contributed by atoms with Crippen LogP contribution < -0.4 is 19.7 Å². The molecule has 40 heavy (non-hydrogen) atoms. The van der Waals surface area contributed by atoms with E-state index < -0.39 is 26.9 Å². The molecule has 0 radical (unpaired) electrons. The summed E-state index contributed by atoms with van der Waals surface area (Å²) in [5.74, 6) is -2.14. The van der Waals surface area contributed by atoms with Crippen molar-refractivity contribution in [2.45, 2.75) is 31.6 Å². The second kappa shape index (κ2) is 8.37. The maximum Gasteiger partial charge on any atom is 0.274 e. The number of rotatable bonds is 3. The Morgan fingerprint density at radius 1 is 1.07 bits per heavy atom. The van der Waals surface area contributed by atoms with E-state index in [4.69, 9.17) is 0 Å². The van der Waals surface area contributed by atoms with E-state index in [0.29, 0.717) is 57.5 Å². The summed E-state index contributed by atoms with van der Waals surface area (Å²) in [7, 11) is -2.06. The van der Waals surface area contributed by atoms with E-state index in [-0.39, 0.29) is 36.9 Å². The molecular weight excluding hydrogens is 542 g/mol. The lowest BCUT2D eigenvalue weighted by Gasteiger charge is -2.38. The molecule has 10 nitrogen and oxygen atoms in total. The fourth-order valence-corrected chi connectivity index (χ4v) is 7.65. The van der Waals surface area contributed by atoms with Crippen LogP contribution in [0.2, 0.25) is 0 Å². The van der Waals surface area contributed by atoms with Gasteiger partial charge in [-0.3, -0.25) is 13.9 Å². The number of aromatic nitrogens is 3. The number of fused-ring (bicyclic) bond motifs is 3. The van der Waals surface area contributed by atoms with Gasteiger partial charge >= 0.3 is 0 Å². The van der Waals surface area contributed by atoms with E-state index in [2.05, 4.69) is 9.97 Å². The molecule has 0 bridgehead atoms. The van der Waals surface area contributed by atoms with Gasteiger partial charge in [-0.2, -0.15) is 0 Å². The molecule has 1 fully saturated rings. The third-order valence-electron chi connectivity index (χ3n) is 7.85. The highest BCUT2D eigenvalue weighted by Gasteiger charge is 2.43. The van der Waals surface area contributed by atoms with E-state index in [1.54, 1.807) is 36.5 Å². The third kappa shape index (κ3) is 3.49. The van der Waals surface area contributed by atoms with E-state index in [0.717, 1.165) is 12.3 Å². The van der Waals surface area contributed by atoms with Crippen LogP contribution in [-0.4, -0.2) is 47.2 Å². The van der Waals surface area contributed by atoms with Crippen LogP contribution in [0.15, 0.2) is 41.6 Å². The number of halogens is 2. The molecule has 0 saturated heterocycles. The molecule has 2 aliphatic heterocycles. The van der Waals surface area contributed by atoms with Crippen molar-refractivity contribution in [1.82, 2.24) is 14.5 Å². The number of aryl methyl sites for hydroxylation is 1. The minimum Gasteiger partial charge on any atom is -0.356 e. The molecule has 206 valence electrons. The van der Waals surface area contributed by atoms with Gasteiger partial charge in [0.25, 0.3) is 5.56 Å². The second-order valence-electron chi connectivity index (χ2n) is 10.4. The summed E-state index contributed by atoms with van der Waals surface area (Å²) in [5, 5.41) is 0.141. The molecule has 1 amide bonds. The van der Waals surface area contributed by atoms with Crippen molar-refractivity contribution in [2.75, 3.05) is 27.2 Å². The quantitative estimate of drug-likeness (QED) is 0.406. The van der Waals surface area contributed by atoms with Gasteiger partial charge in [-0.25, -0.2) is 22.2 Å². The Morgan fingerprint density at radius 3 is 2.55 bits per heavy atom. The van der Waals surface area contributed by atoms with Crippen molar-refractivity contribution in [3.05, 3.63) is 64.3 Å². The van der Waals surface area contributed by atoms with Crippen LogP contribution in [0.25, 0.3) is 22.0 Å². The Hall–Kier alpha value is -4.26. The summed E-state index contributed by atoms with van der Waals surface area (Å²) in [6, 6.07) is 4.10. The van der Waals surface area contributed by atoms with Crippen molar-refractivity contribution >= 4 is 49.7 Å². The molecule has 13 heteroatoms. The summed E-state index contributed by atoms with van der Waals surface area (Å²) >= 11 is 0. The number of hydrogen-bond donors (Lipinski definition) is 1. The highest BCUT2D eigenvalue weighted by Crippen LogP contribution is 2.50. The van der Waals surface area contributed by atoms with Crippen LogP contribution in [0, 0.1) is 11.6 Å². The number of benzene rings is 1. The summed E-state index contributed by atoms with van der Waals surface area (Å²) in [4.78, 5) is 35.8. The highest BCUT2D eigenvalue weighted by molar-refractivity contribution is 7.93. The van der Waals surface area contributed by atoms with Crippen LogP contribution in [0.1, 0.15) is 25.3 Å². The Labute approximate surface area is 227 Å². The summed E-state index contributed by atoms with van der Waals surface area (Å²) in [6.45, 7) is 1.73. The van der Waals surface area contributed by atoms with Crippen LogP contribution in [0.3, 0.4) is 0 Å². The zero-order valence-electron chi connectivity index (χ0n) is 21.6. The lowest BCUT2D eigenvalue weighted by atomic mass is 9.98. The first-order chi connectivity index (χ1) is 19.1. The molecule has 0 unspecified atom stereocenters. The number of H-pyrrole nitrogens is 1. The number of pyridine rings is 2. The second-order valence-corrected chi connectivity index (χ2v) is 12.6. The van der Waals surface area contributed by atoms with E-state index in [1.165, 1.54) is 20.7 Å². The molecular formula is C27H24F2N6O4S. The number of nitrogens with one attached hydrogen (secondary N) is 1. The Balaban J connectivity index is 1.58. The normalized spacial score (nSPS) is 16.6. The topological polar surface area (TPSA) is 112 Å². The van der Waals surface area contributed by atoms with Crippen molar-refractivity contribution in [3.63, 3.8) is 0 Å². The predicted molar refractivity (Wildman–Crippen MR) is 146 cm³/mol. The van der Waals surface area contributed by atoms with Gasteiger partial charge in [0.05, 0.1) is 41.6 Å². The molecule has 1 aliphatic carbocycles. The van der Waals surface area contributed by atoms with Gasteiger partial charge in [0, 0.05) is 55.5 Å². The molecule has 3 aliphatic rings. The lowest BCUT2D eigenvalue weighted by molar-refractivity contribution is -0.116. The van der Waals surface area contributed by atoms with Crippen LogP contribution in [0.5, 0.6) is 0 Å². The number of amides is 1. The summed E-state index contributed by atoms with van der Waals surface area (Å²) < 4.78 is 58.9. The maximum absolute atomic E-state index is 15.2. The molecule has 3 aromatic heterocycles. The van der Waals surface area contributed by atoms with Gasteiger partial charge in [0.2, 0.25) is 15.9 Å². The largest absolute Gasteiger partial charge is 0.356 e. The van der Waals surface area contributed by atoms with Gasteiger partial charge < -0.3 is 19.4 Å². The van der Waals surface area contributed by atoms with Crippen LogP contribution in [0.4, 0.5) is 31.7 Å². The van der Waals surface area contributed by atoms with Crippen molar-refractivity contribution in [2.24, 2.45) is 7.05 Å². The molecule has 1 N–H and O–H groups in total. The zero-order valence-corrected chi connectivity index (χ0v) is 22.4. The van der Waals surface area contributed by atoms with Crippen LogP contribution >= 0.6 is 0 Å². The first-order valence-corrected chi connectivity index (χ1v) is 14.3.